The molecule has 1 aliphatic rings. The van der Waals surface area contributed by atoms with E-state index < -0.39 is 0 Å². The van der Waals surface area contributed by atoms with Crippen molar-refractivity contribution in [2.75, 3.05) is 5.33 Å². The number of carbonyl (C=O) groups is 1. The third kappa shape index (κ3) is 2.66. The van der Waals surface area contributed by atoms with Gasteiger partial charge < -0.3 is 5.32 Å². The molecule has 0 atom stereocenters. The largest absolute Gasteiger partial charge is 0.346 e. The van der Waals surface area contributed by atoms with Gasteiger partial charge >= 0.3 is 0 Å². The van der Waals surface area contributed by atoms with Crippen molar-refractivity contribution in [1.29, 1.82) is 0 Å². The number of benzene rings is 1. The van der Waals surface area contributed by atoms with E-state index in [0.29, 0.717) is 10.6 Å². The van der Waals surface area contributed by atoms with Crippen LogP contribution in [0.5, 0.6) is 0 Å². The number of amides is 1. The SMILES string of the molecule is Cc1cc(C(=O)NC2(CBr)CCC2)ccc1Cl. The second-order valence-corrected chi connectivity index (χ2v) is 5.65. The van der Waals surface area contributed by atoms with Crippen LogP contribution < -0.4 is 5.32 Å². The number of aryl methyl sites for hydroxylation is 1. The van der Waals surface area contributed by atoms with Gasteiger partial charge in [0, 0.05) is 15.9 Å². The van der Waals surface area contributed by atoms with Crippen LogP contribution in [0.25, 0.3) is 0 Å². The Bertz CT molecular complexity index is 438. The molecule has 0 radical (unpaired) electrons. The van der Waals surface area contributed by atoms with Crippen LogP contribution in [0.2, 0.25) is 5.02 Å². The van der Waals surface area contributed by atoms with Gasteiger partial charge in [0.25, 0.3) is 5.91 Å². The summed E-state index contributed by atoms with van der Waals surface area (Å²) in [5.41, 5.74) is 1.57. The summed E-state index contributed by atoms with van der Waals surface area (Å²) in [5, 5.41) is 4.63. The van der Waals surface area contributed by atoms with Gasteiger partial charge in [-0.15, -0.1) is 0 Å². The summed E-state index contributed by atoms with van der Waals surface area (Å²) < 4.78 is 0. The molecule has 1 aliphatic carbocycles. The topological polar surface area (TPSA) is 29.1 Å². The van der Waals surface area contributed by atoms with E-state index in [1.807, 2.05) is 13.0 Å². The minimum atomic E-state index is -0.0371. The minimum absolute atomic E-state index is 0.0103. The lowest BCUT2D eigenvalue weighted by Crippen LogP contribution is -2.54. The third-order valence-electron chi connectivity index (χ3n) is 3.37. The van der Waals surface area contributed by atoms with Crippen LogP contribution in [0.15, 0.2) is 18.2 Å². The van der Waals surface area contributed by atoms with Gasteiger partial charge in [-0.05, 0) is 49.9 Å². The molecule has 1 aromatic carbocycles. The summed E-state index contributed by atoms with van der Waals surface area (Å²) in [6.45, 7) is 1.91. The molecule has 0 aromatic heterocycles. The molecule has 0 heterocycles. The summed E-state index contributed by atoms with van der Waals surface area (Å²) in [7, 11) is 0. The first-order valence-electron chi connectivity index (χ1n) is 5.71. The standard InChI is InChI=1S/C13H15BrClNO/c1-9-7-10(3-4-11(9)15)12(17)16-13(8-14)5-2-6-13/h3-4,7H,2,5-6,8H2,1H3,(H,16,17). The number of alkyl halides is 1. The molecule has 1 aromatic rings. The van der Waals surface area contributed by atoms with Gasteiger partial charge in [0.15, 0.2) is 0 Å². The summed E-state index contributed by atoms with van der Waals surface area (Å²) in [6, 6.07) is 5.37. The molecule has 2 nitrogen and oxygen atoms in total. The molecule has 1 N–H and O–H groups in total. The molecule has 92 valence electrons. The molecule has 0 spiro atoms. The maximum Gasteiger partial charge on any atom is 0.251 e. The van der Waals surface area contributed by atoms with Crippen molar-refractivity contribution in [3.8, 4) is 0 Å². The van der Waals surface area contributed by atoms with E-state index in [-0.39, 0.29) is 11.4 Å². The summed E-state index contributed by atoms with van der Waals surface area (Å²) in [4.78, 5) is 12.1. The second-order valence-electron chi connectivity index (χ2n) is 4.69. The molecule has 2 rings (SSSR count). The van der Waals surface area contributed by atoms with Crippen molar-refractivity contribution < 1.29 is 4.79 Å². The molecule has 0 saturated heterocycles. The fraction of sp³-hybridized carbons (Fsp3) is 0.462. The van der Waals surface area contributed by atoms with Gasteiger partial charge in [0.1, 0.15) is 0 Å². The molecular weight excluding hydrogens is 302 g/mol. The van der Waals surface area contributed by atoms with Crippen LogP contribution in [-0.2, 0) is 0 Å². The fourth-order valence-corrected chi connectivity index (χ4v) is 2.81. The van der Waals surface area contributed by atoms with E-state index >= 15 is 0 Å². The van der Waals surface area contributed by atoms with Crippen molar-refractivity contribution in [3.05, 3.63) is 34.3 Å². The van der Waals surface area contributed by atoms with Gasteiger partial charge in [-0.25, -0.2) is 0 Å². The average Bonchev–Trinajstić information content (AvgIpc) is 2.27. The first-order chi connectivity index (χ1) is 8.06. The van der Waals surface area contributed by atoms with Crippen LogP contribution in [0.4, 0.5) is 0 Å². The highest BCUT2D eigenvalue weighted by Gasteiger charge is 2.37. The normalized spacial score (nSPS) is 17.4. The highest BCUT2D eigenvalue weighted by molar-refractivity contribution is 9.09. The maximum atomic E-state index is 12.1. The average molecular weight is 317 g/mol. The molecule has 1 fully saturated rings. The predicted octanol–water partition coefficient (Wildman–Crippen LogP) is 3.70. The molecule has 0 unspecified atom stereocenters. The van der Waals surface area contributed by atoms with E-state index in [0.717, 1.165) is 23.7 Å². The quantitative estimate of drug-likeness (QED) is 0.847. The van der Waals surface area contributed by atoms with Crippen LogP contribution in [0.1, 0.15) is 35.2 Å². The van der Waals surface area contributed by atoms with Crippen molar-refractivity contribution in [3.63, 3.8) is 0 Å². The summed E-state index contributed by atoms with van der Waals surface area (Å²) >= 11 is 9.42. The first-order valence-corrected chi connectivity index (χ1v) is 7.21. The zero-order valence-corrected chi connectivity index (χ0v) is 12.1. The Balaban J connectivity index is 2.11. The van der Waals surface area contributed by atoms with Crippen molar-refractivity contribution in [2.24, 2.45) is 0 Å². The number of hydrogen-bond acceptors (Lipinski definition) is 1. The predicted molar refractivity (Wildman–Crippen MR) is 74.0 cm³/mol. The van der Waals surface area contributed by atoms with E-state index in [2.05, 4.69) is 21.2 Å². The van der Waals surface area contributed by atoms with Crippen LogP contribution in [0.3, 0.4) is 0 Å². The number of carbonyl (C=O) groups excluding carboxylic acids is 1. The van der Waals surface area contributed by atoms with Crippen molar-refractivity contribution in [2.45, 2.75) is 31.7 Å². The van der Waals surface area contributed by atoms with Crippen LogP contribution in [-0.4, -0.2) is 16.8 Å². The Morgan fingerprint density at radius 2 is 2.24 bits per heavy atom. The Morgan fingerprint density at radius 3 is 2.71 bits per heavy atom. The van der Waals surface area contributed by atoms with E-state index in [4.69, 9.17) is 11.6 Å². The number of hydrogen-bond donors (Lipinski definition) is 1. The Morgan fingerprint density at radius 1 is 1.53 bits per heavy atom. The molecule has 1 saturated carbocycles. The summed E-state index contributed by atoms with van der Waals surface area (Å²) in [6.07, 6.45) is 3.29. The van der Waals surface area contributed by atoms with E-state index in [1.165, 1.54) is 6.42 Å². The van der Waals surface area contributed by atoms with Crippen LogP contribution in [0, 0.1) is 6.92 Å². The van der Waals surface area contributed by atoms with Crippen molar-refractivity contribution in [1.82, 2.24) is 5.32 Å². The maximum absolute atomic E-state index is 12.1. The molecule has 1 amide bonds. The third-order valence-corrected chi connectivity index (χ3v) is 4.86. The van der Waals surface area contributed by atoms with E-state index in [1.54, 1.807) is 12.1 Å². The Labute approximate surface area is 115 Å². The number of nitrogens with one attached hydrogen (secondary N) is 1. The lowest BCUT2D eigenvalue weighted by Gasteiger charge is -2.41. The lowest BCUT2D eigenvalue weighted by molar-refractivity contribution is 0.0856. The smallest absolute Gasteiger partial charge is 0.251 e. The number of halogens is 2. The molecule has 0 aliphatic heterocycles. The zero-order chi connectivity index (χ0) is 12.5. The van der Waals surface area contributed by atoms with Gasteiger partial charge in [0.2, 0.25) is 0 Å². The second kappa shape index (κ2) is 4.99. The highest BCUT2D eigenvalue weighted by atomic mass is 79.9. The minimum Gasteiger partial charge on any atom is -0.346 e. The monoisotopic (exact) mass is 315 g/mol. The zero-order valence-electron chi connectivity index (χ0n) is 9.72. The Hall–Kier alpha value is -0.540. The molecule has 0 bridgehead atoms. The molecule has 4 heteroatoms. The fourth-order valence-electron chi connectivity index (χ4n) is 1.99. The van der Waals surface area contributed by atoms with E-state index in [9.17, 15) is 4.79 Å². The lowest BCUT2D eigenvalue weighted by atomic mass is 9.78. The first kappa shape index (κ1) is 12.9. The molecule has 17 heavy (non-hydrogen) atoms. The van der Waals surface area contributed by atoms with Crippen molar-refractivity contribution >= 4 is 33.4 Å². The number of rotatable bonds is 3. The molecular formula is C13H15BrClNO. The van der Waals surface area contributed by atoms with Gasteiger partial charge in [-0.3, -0.25) is 4.79 Å². The van der Waals surface area contributed by atoms with Gasteiger partial charge in [-0.2, -0.15) is 0 Å². The van der Waals surface area contributed by atoms with Crippen LogP contribution >= 0.6 is 27.5 Å². The Kier molecular flexibility index (Phi) is 3.79. The van der Waals surface area contributed by atoms with Gasteiger partial charge in [-0.1, -0.05) is 27.5 Å². The highest BCUT2D eigenvalue weighted by Crippen LogP contribution is 2.33. The van der Waals surface area contributed by atoms with Gasteiger partial charge in [0.05, 0.1) is 5.54 Å². The summed E-state index contributed by atoms with van der Waals surface area (Å²) in [5.74, 6) is -0.0103.